The number of amides is 1. The van der Waals surface area contributed by atoms with Crippen molar-refractivity contribution < 1.29 is 13.2 Å². The van der Waals surface area contributed by atoms with E-state index in [1.54, 1.807) is 26.7 Å². The lowest BCUT2D eigenvalue weighted by Gasteiger charge is -2.40. The highest BCUT2D eigenvalue weighted by Gasteiger charge is 2.49. The van der Waals surface area contributed by atoms with E-state index in [1.165, 1.54) is 11.3 Å². The van der Waals surface area contributed by atoms with E-state index in [0.717, 1.165) is 23.2 Å². The van der Waals surface area contributed by atoms with Crippen molar-refractivity contribution in [3.05, 3.63) is 82.7 Å². The van der Waals surface area contributed by atoms with Gasteiger partial charge in [0.25, 0.3) is 15.9 Å². The molecule has 3 atom stereocenters. The summed E-state index contributed by atoms with van der Waals surface area (Å²) in [6.45, 7) is 5.65. The minimum absolute atomic E-state index is 0.00781. The summed E-state index contributed by atoms with van der Waals surface area (Å²) in [7, 11) is -3.64. The average molecular weight is 496 g/mol. The van der Waals surface area contributed by atoms with Gasteiger partial charge in [0.05, 0.1) is 12.1 Å². The average Bonchev–Trinajstić information content (AvgIpc) is 3.56. The number of hydrogen-bond acceptors (Lipinski definition) is 5. The largest absolute Gasteiger partial charge is 0.378 e. The number of thiophene rings is 1. The Morgan fingerprint density at radius 3 is 2.53 bits per heavy atom. The summed E-state index contributed by atoms with van der Waals surface area (Å²) in [5, 5.41) is 5.47. The van der Waals surface area contributed by atoms with Crippen LogP contribution < -0.4 is 5.32 Å². The van der Waals surface area contributed by atoms with Gasteiger partial charge in [-0.25, -0.2) is 8.42 Å². The summed E-state index contributed by atoms with van der Waals surface area (Å²) in [5.41, 5.74) is 3.51. The number of hydrogen-bond donors (Lipinski definition) is 1. The van der Waals surface area contributed by atoms with E-state index in [9.17, 15) is 13.2 Å². The lowest BCUT2D eigenvalue weighted by atomic mass is 9.80. The Balaban J connectivity index is 1.62. The Morgan fingerprint density at radius 2 is 1.85 bits per heavy atom. The first kappa shape index (κ1) is 23.1. The minimum atomic E-state index is -3.64. The van der Waals surface area contributed by atoms with Gasteiger partial charge in [0.2, 0.25) is 0 Å². The number of nitrogens with one attached hydrogen (secondary N) is 1. The SMILES string of the molecule is CCN(CC)C(=O)c1ccc2c(c1)C1C(CCN1S(=O)(=O)c1cccs1)C(c1ccccc1)N2. The van der Waals surface area contributed by atoms with Gasteiger partial charge in [-0.1, -0.05) is 36.4 Å². The van der Waals surface area contributed by atoms with Crippen LogP contribution in [0.5, 0.6) is 0 Å². The van der Waals surface area contributed by atoms with Crippen LogP contribution in [0.25, 0.3) is 0 Å². The second-order valence-corrected chi connectivity index (χ2v) is 11.8. The maximum atomic E-state index is 13.7. The van der Waals surface area contributed by atoms with Gasteiger partial charge in [0.1, 0.15) is 4.21 Å². The molecule has 1 N–H and O–H groups in total. The van der Waals surface area contributed by atoms with E-state index in [-0.39, 0.29) is 23.9 Å². The third-order valence-corrected chi connectivity index (χ3v) is 10.3. The molecule has 6 nitrogen and oxygen atoms in total. The van der Waals surface area contributed by atoms with Crippen LogP contribution in [0.1, 0.15) is 53.8 Å². The van der Waals surface area contributed by atoms with Gasteiger partial charge < -0.3 is 10.2 Å². The Hall–Kier alpha value is -2.68. The Kier molecular flexibility index (Phi) is 6.22. The number of sulfonamides is 1. The number of fused-ring (bicyclic) bond motifs is 3. The fourth-order valence-electron chi connectivity index (χ4n) is 5.35. The van der Waals surface area contributed by atoms with Crippen LogP contribution in [0.2, 0.25) is 0 Å². The first-order valence-electron chi connectivity index (χ1n) is 11.8. The van der Waals surface area contributed by atoms with Crippen LogP contribution in [-0.4, -0.2) is 43.2 Å². The van der Waals surface area contributed by atoms with Crippen molar-refractivity contribution in [2.75, 3.05) is 25.0 Å². The molecule has 2 aromatic carbocycles. The molecule has 1 amide bonds. The number of carbonyl (C=O) groups excluding carboxylic acids is 1. The zero-order valence-corrected chi connectivity index (χ0v) is 21.0. The zero-order chi connectivity index (χ0) is 23.9. The fourth-order valence-corrected chi connectivity index (χ4v) is 8.13. The Morgan fingerprint density at radius 1 is 1.09 bits per heavy atom. The van der Waals surface area contributed by atoms with Crippen molar-refractivity contribution >= 4 is 33.0 Å². The summed E-state index contributed by atoms with van der Waals surface area (Å²) < 4.78 is 29.3. The molecule has 1 fully saturated rings. The molecule has 0 saturated carbocycles. The molecular weight excluding hydrogens is 466 g/mol. The molecule has 34 heavy (non-hydrogen) atoms. The smallest absolute Gasteiger partial charge is 0.253 e. The number of nitrogens with zero attached hydrogens (tertiary/aromatic N) is 2. The third-order valence-electron chi connectivity index (χ3n) is 7.02. The molecule has 5 rings (SSSR count). The van der Waals surface area contributed by atoms with Gasteiger partial charge in [-0.05, 0) is 61.0 Å². The van der Waals surface area contributed by atoms with Crippen LogP contribution in [0.3, 0.4) is 0 Å². The number of rotatable bonds is 6. The summed E-state index contributed by atoms with van der Waals surface area (Å²) in [5.74, 6) is 0.0311. The molecule has 1 aromatic heterocycles. The normalized spacial score (nSPS) is 22.0. The molecule has 2 aliphatic heterocycles. The van der Waals surface area contributed by atoms with Gasteiger partial charge in [-0.3, -0.25) is 4.79 Å². The van der Waals surface area contributed by atoms with Gasteiger partial charge in [-0.2, -0.15) is 4.31 Å². The standard InChI is InChI=1S/C26H29N3O3S2/c1-3-28(4-2)26(30)19-12-13-22-21(17-19)25-20(24(27-22)18-9-6-5-7-10-18)14-15-29(25)34(31,32)23-11-8-16-33-23/h5-13,16-17,20,24-25,27H,3-4,14-15H2,1-2H3. The molecule has 0 bridgehead atoms. The van der Waals surface area contributed by atoms with Crippen molar-refractivity contribution in [2.45, 2.75) is 36.6 Å². The number of carbonyl (C=O) groups is 1. The summed E-state index contributed by atoms with van der Waals surface area (Å²) in [6, 6.07) is 19.0. The van der Waals surface area contributed by atoms with Crippen LogP contribution in [-0.2, 0) is 10.0 Å². The molecule has 0 aliphatic carbocycles. The van der Waals surface area contributed by atoms with Crippen LogP contribution in [0, 0.1) is 5.92 Å². The topological polar surface area (TPSA) is 69.7 Å². The molecule has 1 saturated heterocycles. The van der Waals surface area contributed by atoms with Crippen LogP contribution >= 0.6 is 11.3 Å². The van der Waals surface area contributed by atoms with E-state index in [0.29, 0.717) is 29.4 Å². The highest BCUT2D eigenvalue weighted by atomic mass is 32.2. The fraction of sp³-hybridized carbons (Fsp3) is 0.346. The molecule has 8 heteroatoms. The van der Waals surface area contributed by atoms with E-state index < -0.39 is 10.0 Å². The van der Waals surface area contributed by atoms with Gasteiger partial charge >= 0.3 is 0 Å². The Bertz CT molecular complexity index is 1270. The first-order valence-corrected chi connectivity index (χ1v) is 14.1. The van der Waals surface area contributed by atoms with Gasteiger partial charge in [0.15, 0.2) is 0 Å². The highest BCUT2D eigenvalue weighted by Crippen LogP contribution is 2.53. The molecule has 3 aromatic rings. The minimum Gasteiger partial charge on any atom is -0.378 e. The second kappa shape index (κ2) is 9.17. The van der Waals surface area contributed by atoms with Gasteiger partial charge in [0, 0.05) is 36.8 Å². The van der Waals surface area contributed by atoms with Crippen molar-refractivity contribution in [1.29, 1.82) is 0 Å². The second-order valence-electron chi connectivity index (χ2n) is 8.76. The molecule has 0 spiro atoms. The van der Waals surface area contributed by atoms with Crippen molar-refractivity contribution in [2.24, 2.45) is 5.92 Å². The van der Waals surface area contributed by atoms with E-state index >= 15 is 0 Å². The zero-order valence-electron chi connectivity index (χ0n) is 19.3. The lowest BCUT2D eigenvalue weighted by molar-refractivity contribution is 0.0772. The highest BCUT2D eigenvalue weighted by molar-refractivity contribution is 7.91. The summed E-state index contributed by atoms with van der Waals surface area (Å²) in [4.78, 5) is 14.9. The molecule has 178 valence electrons. The third kappa shape index (κ3) is 3.83. The van der Waals surface area contributed by atoms with E-state index in [4.69, 9.17) is 0 Å². The molecule has 3 heterocycles. The quantitative estimate of drug-likeness (QED) is 0.514. The number of anilines is 1. The van der Waals surface area contributed by atoms with Crippen molar-refractivity contribution in [3.8, 4) is 0 Å². The van der Waals surface area contributed by atoms with E-state index in [1.807, 2.05) is 50.2 Å². The predicted octanol–water partition coefficient (Wildman–Crippen LogP) is 5.15. The molecule has 3 unspecified atom stereocenters. The predicted molar refractivity (Wildman–Crippen MR) is 136 cm³/mol. The summed E-state index contributed by atoms with van der Waals surface area (Å²) >= 11 is 1.25. The maximum Gasteiger partial charge on any atom is 0.253 e. The number of benzene rings is 2. The monoisotopic (exact) mass is 495 g/mol. The van der Waals surface area contributed by atoms with E-state index in [2.05, 4.69) is 17.4 Å². The van der Waals surface area contributed by atoms with Crippen molar-refractivity contribution in [1.82, 2.24) is 9.21 Å². The first-order chi connectivity index (χ1) is 16.5. The summed E-state index contributed by atoms with van der Waals surface area (Å²) in [6.07, 6.45) is 0.746. The maximum absolute atomic E-state index is 13.7. The van der Waals surface area contributed by atoms with Crippen LogP contribution in [0.4, 0.5) is 5.69 Å². The lowest BCUT2D eigenvalue weighted by Crippen LogP contribution is -2.38. The Labute approximate surface area is 205 Å². The molecular formula is C26H29N3O3S2. The van der Waals surface area contributed by atoms with Gasteiger partial charge in [-0.15, -0.1) is 11.3 Å². The molecule has 2 aliphatic rings. The van der Waals surface area contributed by atoms with Crippen LogP contribution in [0.15, 0.2) is 70.3 Å². The van der Waals surface area contributed by atoms with Crippen molar-refractivity contribution in [3.63, 3.8) is 0 Å². The molecule has 0 radical (unpaired) electrons.